The number of nitrogens with one attached hydrogen (secondary N) is 2. The number of carboxylic acid groups (broad SMARTS) is 1. The fraction of sp³-hybridized carbons (Fsp3) is 0.188. The average molecular weight is 651 g/mol. The number of hydrogen-bond donors (Lipinski definition) is 3. The third kappa shape index (κ3) is 5.96. The summed E-state index contributed by atoms with van der Waals surface area (Å²) in [6.45, 7) is 1.06. The summed E-state index contributed by atoms with van der Waals surface area (Å²) in [5.41, 5.74) is 1.22. The molecule has 0 radical (unpaired) electrons. The third-order valence-electron chi connectivity index (χ3n) is 7.66. The van der Waals surface area contributed by atoms with Crippen LogP contribution in [0.5, 0.6) is 11.5 Å². The van der Waals surface area contributed by atoms with Gasteiger partial charge in [0.15, 0.2) is 0 Å². The molecule has 2 aliphatic heterocycles. The maximum Gasteiger partial charge on any atom is 0.335 e. The van der Waals surface area contributed by atoms with Gasteiger partial charge in [-0.1, -0.05) is 0 Å². The van der Waals surface area contributed by atoms with Crippen LogP contribution in [0.25, 0.3) is 10.9 Å². The molecule has 7 rings (SSSR count). The Bertz CT molecular complexity index is 2080. The number of halogens is 3. The van der Waals surface area contributed by atoms with Gasteiger partial charge in [0.1, 0.15) is 39.6 Å². The first-order valence-electron chi connectivity index (χ1n) is 14.3. The molecule has 236 valence electrons. The topological polar surface area (TPSA) is 130 Å². The maximum atomic E-state index is 16.2. The Hall–Kier alpha value is -5.08. The van der Waals surface area contributed by atoms with Gasteiger partial charge in [0.25, 0.3) is 0 Å². The highest BCUT2D eigenvalue weighted by Gasteiger charge is 2.31. The molecule has 10 nitrogen and oxygen atoms in total. The normalized spacial score (nSPS) is 16.0. The van der Waals surface area contributed by atoms with Crippen LogP contribution in [0.15, 0.2) is 83.2 Å². The molecule has 46 heavy (non-hydrogen) atoms. The van der Waals surface area contributed by atoms with Gasteiger partial charge in [-0.25, -0.2) is 31.1 Å². The lowest BCUT2D eigenvalue weighted by molar-refractivity contribution is 0.0696. The van der Waals surface area contributed by atoms with Crippen molar-refractivity contribution in [1.82, 2.24) is 9.71 Å². The van der Waals surface area contributed by atoms with Gasteiger partial charge in [0.2, 0.25) is 10.0 Å². The van der Waals surface area contributed by atoms with Crippen LogP contribution < -0.4 is 19.7 Å². The van der Waals surface area contributed by atoms with Crippen molar-refractivity contribution in [2.24, 2.45) is 0 Å². The van der Waals surface area contributed by atoms with E-state index in [-0.39, 0.29) is 50.3 Å². The molecule has 1 saturated carbocycles. The standard InChI is InChI=1S/C32H25F3N4O6S/c33-19-9-20(34)11-25(10-19)45-24-8-18(32(40)41)7-22(12-24)37-31-29(46(42,43)38-21-1-2-21)15-36-27-14-23(13-26(35)30(27)31)39-5-3-28-17(16-39)4-6-44-28/h3,5,7-15,21,38H,1-2,4,6,16H2,(H,36,37)(H,40,41). The van der Waals surface area contributed by atoms with Crippen LogP contribution in [0.4, 0.5) is 30.2 Å². The number of pyridine rings is 1. The highest BCUT2D eigenvalue weighted by atomic mass is 32.2. The van der Waals surface area contributed by atoms with Crippen molar-refractivity contribution in [2.45, 2.75) is 30.2 Å². The zero-order chi connectivity index (χ0) is 32.2. The molecule has 14 heteroatoms. The van der Waals surface area contributed by atoms with Gasteiger partial charge in [-0.15, -0.1) is 0 Å². The molecular weight excluding hydrogens is 625 g/mol. The van der Waals surface area contributed by atoms with E-state index in [1.807, 2.05) is 4.90 Å². The molecule has 0 spiro atoms. The molecule has 1 aromatic heterocycles. The van der Waals surface area contributed by atoms with E-state index < -0.39 is 33.4 Å². The smallest absolute Gasteiger partial charge is 0.335 e. The molecular formula is C32H25F3N4O6S. The van der Waals surface area contributed by atoms with Crippen LogP contribution in [0.3, 0.4) is 0 Å². The van der Waals surface area contributed by atoms with Gasteiger partial charge in [-0.2, -0.15) is 0 Å². The number of allylic oxidation sites excluding steroid dienone is 1. The summed E-state index contributed by atoms with van der Waals surface area (Å²) < 4.78 is 84.4. The Labute approximate surface area is 260 Å². The molecule has 3 heterocycles. The van der Waals surface area contributed by atoms with Gasteiger partial charge < -0.3 is 24.8 Å². The highest BCUT2D eigenvalue weighted by Crippen LogP contribution is 2.39. The number of carboxylic acids is 1. The van der Waals surface area contributed by atoms with Crippen molar-refractivity contribution in [1.29, 1.82) is 0 Å². The predicted octanol–water partition coefficient (Wildman–Crippen LogP) is 6.34. The number of rotatable bonds is 9. The fourth-order valence-corrected chi connectivity index (χ4v) is 6.78. The van der Waals surface area contributed by atoms with Crippen molar-refractivity contribution in [2.75, 3.05) is 23.4 Å². The number of aromatic carboxylic acids is 1. The van der Waals surface area contributed by atoms with Crippen molar-refractivity contribution in [3.05, 3.63) is 101 Å². The van der Waals surface area contributed by atoms with Crippen molar-refractivity contribution in [3.8, 4) is 11.5 Å². The van der Waals surface area contributed by atoms with Crippen LogP contribution in [0, 0.1) is 17.5 Å². The summed E-state index contributed by atoms with van der Waals surface area (Å²) in [6.07, 6.45) is 6.74. The van der Waals surface area contributed by atoms with E-state index in [4.69, 9.17) is 9.47 Å². The molecule has 4 aromatic rings. The number of benzene rings is 3. The van der Waals surface area contributed by atoms with Crippen LogP contribution >= 0.6 is 0 Å². The number of hydrogen-bond acceptors (Lipinski definition) is 8. The summed E-state index contributed by atoms with van der Waals surface area (Å²) in [4.78, 5) is 17.8. The first-order chi connectivity index (χ1) is 22.0. The predicted molar refractivity (Wildman–Crippen MR) is 162 cm³/mol. The minimum absolute atomic E-state index is 0.00490. The molecule has 0 unspecified atom stereocenters. The molecule has 0 atom stereocenters. The van der Waals surface area contributed by atoms with Gasteiger partial charge in [-0.3, -0.25) is 4.98 Å². The Morgan fingerprint density at radius 2 is 1.78 bits per heavy atom. The van der Waals surface area contributed by atoms with Crippen molar-refractivity contribution < 1.29 is 41.0 Å². The first-order valence-corrected chi connectivity index (χ1v) is 15.7. The molecule has 0 amide bonds. The SMILES string of the molecule is O=C(O)c1cc(Nc2c(S(=O)(=O)NC3CC3)cnc3cc(N4C=CC5=C(CCO5)C4)cc(F)c23)cc(Oc2cc(F)cc(F)c2)c1. The average Bonchev–Trinajstić information content (AvgIpc) is 3.66. The van der Waals surface area contributed by atoms with E-state index in [0.29, 0.717) is 37.7 Å². The third-order valence-corrected chi connectivity index (χ3v) is 9.20. The fourth-order valence-electron chi connectivity index (χ4n) is 5.37. The number of nitrogens with zero attached hydrogens (tertiary/aromatic N) is 2. The van der Waals surface area contributed by atoms with Gasteiger partial charge in [0, 0.05) is 67.0 Å². The number of anilines is 3. The van der Waals surface area contributed by atoms with Gasteiger partial charge in [-0.05, 0) is 48.8 Å². The Morgan fingerprint density at radius 3 is 2.52 bits per heavy atom. The van der Waals surface area contributed by atoms with Crippen LogP contribution in [-0.2, 0) is 14.8 Å². The van der Waals surface area contributed by atoms with Gasteiger partial charge >= 0.3 is 5.97 Å². The van der Waals surface area contributed by atoms with E-state index in [9.17, 15) is 27.1 Å². The number of ether oxygens (including phenoxy) is 2. The minimum atomic E-state index is -4.21. The summed E-state index contributed by atoms with van der Waals surface area (Å²) in [6, 6.07) is 8.72. The Kier molecular flexibility index (Phi) is 7.32. The number of sulfonamides is 1. The largest absolute Gasteiger partial charge is 0.493 e. The molecule has 0 saturated heterocycles. The second-order valence-electron chi connectivity index (χ2n) is 11.1. The quantitative estimate of drug-likeness (QED) is 0.190. The van der Waals surface area contributed by atoms with Crippen LogP contribution in [-0.4, -0.2) is 43.7 Å². The monoisotopic (exact) mass is 650 g/mol. The summed E-state index contributed by atoms with van der Waals surface area (Å²) in [5, 5.41) is 12.5. The first kappa shape index (κ1) is 29.6. The van der Waals surface area contributed by atoms with Crippen LogP contribution in [0.2, 0.25) is 0 Å². The highest BCUT2D eigenvalue weighted by molar-refractivity contribution is 7.89. The van der Waals surface area contributed by atoms with E-state index in [1.165, 1.54) is 18.2 Å². The Balaban J connectivity index is 1.32. The lowest BCUT2D eigenvalue weighted by atomic mass is 10.1. The summed E-state index contributed by atoms with van der Waals surface area (Å²) in [7, 11) is -4.21. The summed E-state index contributed by atoms with van der Waals surface area (Å²) in [5.74, 6) is -3.53. The van der Waals surface area contributed by atoms with Crippen molar-refractivity contribution >= 4 is 44.0 Å². The lowest BCUT2D eigenvalue weighted by Crippen LogP contribution is -2.26. The number of aromatic nitrogens is 1. The molecule has 3 N–H and O–H groups in total. The van der Waals surface area contributed by atoms with Crippen molar-refractivity contribution in [3.63, 3.8) is 0 Å². The van der Waals surface area contributed by atoms with E-state index in [0.717, 1.165) is 42.1 Å². The number of fused-ring (bicyclic) bond motifs is 1. The minimum Gasteiger partial charge on any atom is -0.493 e. The van der Waals surface area contributed by atoms with E-state index >= 15 is 4.39 Å². The molecule has 3 aliphatic rings. The molecule has 0 bridgehead atoms. The lowest BCUT2D eigenvalue weighted by Gasteiger charge is -2.25. The van der Waals surface area contributed by atoms with E-state index in [2.05, 4.69) is 15.0 Å². The van der Waals surface area contributed by atoms with Crippen LogP contribution in [0.1, 0.15) is 29.6 Å². The second kappa shape index (κ2) is 11.4. The number of carbonyl (C=O) groups is 1. The Morgan fingerprint density at radius 1 is 1.02 bits per heavy atom. The van der Waals surface area contributed by atoms with Gasteiger partial charge in [0.05, 0.1) is 28.8 Å². The molecule has 1 aliphatic carbocycles. The molecule has 3 aromatic carbocycles. The zero-order valence-electron chi connectivity index (χ0n) is 23.9. The van der Waals surface area contributed by atoms with E-state index in [1.54, 1.807) is 18.3 Å². The zero-order valence-corrected chi connectivity index (χ0v) is 24.7. The maximum absolute atomic E-state index is 16.2. The summed E-state index contributed by atoms with van der Waals surface area (Å²) >= 11 is 0. The second-order valence-corrected chi connectivity index (χ2v) is 12.8. The molecule has 1 fully saturated rings.